The minimum atomic E-state index is -3.59. The largest absolute Gasteiger partial charge is 0.494 e. The average molecular weight is 284 g/mol. The highest BCUT2D eigenvalue weighted by atomic mass is 35.5. The maximum absolute atomic E-state index is 11.9. The van der Waals surface area contributed by atoms with Crippen LogP contribution in [0.1, 0.15) is 0 Å². The molecular weight excluding hydrogens is 273 g/mol. The molecule has 0 saturated carbocycles. The van der Waals surface area contributed by atoms with E-state index in [2.05, 4.69) is 0 Å². The molecular formula is C9H11Cl2NO3S. The Balaban J connectivity index is 3.53. The predicted octanol–water partition coefficient (Wildman–Crippen LogP) is 2.25. The first-order valence-electron chi connectivity index (χ1n) is 4.27. The van der Waals surface area contributed by atoms with Crippen molar-refractivity contribution in [2.24, 2.45) is 0 Å². The first kappa shape index (κ1) is 13.6. The van der Waals surface area contributed by atoms with Crippen LogP contribution in [0.5, 0.6) is 5.75 Å². The van der Waals surface area contributed by atoms with Crippen molar-refractivity contribution in [2.45, 2.75) is 4.90 Å². The van der Waals surface area contributed by atoms with Gasteiger partial charge in [0.2, 0.25) is 10.0 Å². The van der Waals surface area contributed by atoms with Crippen LogP contribution in [-0.2, 0) is 10.0 Å². The zero-order valence-electron chi connectivity index (χ0n) is 8.99. The molecule has 0 aliphatic rings. The molecule has 0 atom stereocenters. The van der Waals surface area contributed by atoms with E-state index < -0.39 is 10.0 Å². The Labute approximate surface area is 105 Å². The van der Waals surface area contributed by atoms with Crippen molar-refractivity contribution in [3.63, 3.8) is 0 Å². The zero-order chi connectivity index (χ0) is 12.5. The van der Waals surface area contributed by atoms with E-state index in [-0.39, 0.29) is 20.7 Å². The van der Waals surface area contributed by atoms with Gasteiger partial charge in [-0.25, -0.2) is 12.7 Å². The Morgan fingerprint density at radius 2 is 1.81 bits per heavy atom. The van der Waals surface area contributed by atoms with Gasteiger partial charge in [0.1, 0.15) is 9.92 Å². The van der Waals surface area contributed by atoms with Gasteiger partial charge in [0.25, 0.3) is 0 Å². The van der Waals surface area contributed by atoms with Gasteiger partial charge in [-0.1, -0.05) is 23.2 Å². The minimum absolute atomic E-state index is 0.00519. The summed E-state index contributed by atoms with van der Waals surface area (Å²) in [7, 11) is 0.602. The Morgan fingerprint density at radius 3 is 2.25 bits per heavy atom. The molecule has 0 fully saturated rings. The summed E-state index contributed by atoms with van der Waals surface area (Å²) in [6.07, 6.45) is 0. The van der Waals surface area contributed by atoms with Gasteiger partial charge in [-0.15, -0.1) is 0 Å². The van der Waals surface area contributed by atoms with Gasteiger partial charge in [0.15, 0.2) is 5.75 Å². The van der Waals surface area contributed by atoms with E-state index in [9.17, 15) is 8.42 Å². The molecule has 0 heterocycles. The Hall–Kier alpha value is -0.490. The van der Waals surface area contributed by atoms with Gasteiger partial charge >= 0.3 is 0 Å². The molecule has 0 bridgehead atoms. The van der Waals surface area contributed by atoms with E-state index in [4.69, 9.17) is 27.9 Å². The standard InChI is InChI=1S/C9H11Cl2NO3S/c1-12(2)16(13,14)7-5-4-6(10)8(11)9(7)15-3/h4-5H,1-3H3. The molecule has 0 radical (unpaired) electrons. The minimum Gasteiger partial charge on any atom is -0.494 e. The molecule has 0 aliphatic heterocycles. The Kier molecular flexibility index (Phi) is 4.07. The van der Waals surface area contributed by atoms with Gasteiger partial charge in [-0.2, -0.15) is 0 Å². The quantitative estimate of drug-likeness (QED) is 0.855. The molecule has 0 N–H and O–H groups in total. The van der Waals surface area contributed by atoms with Crippen LogP contribution < -0.4 is 4.74 Å². The van der Waals surface area contributed by atoms with Crippen LogP contribution in [-0.4, -0.2) is 33.9 Å². The van der Waals surface area contributed by atoms with E-state index >= 15 is 0 Å². The zero-order valence-corrected chi connectivity index (χ0v) is 11.3. The third-order valence-corrected chi connectivity index (χ3v) is 4.60. The molecule has 0 spiro atoms. The van der Waals surface area contributed by atoms with Gasteiger partial charge in [0, 0.05) is 14.1 Å². The summed E-state index contributed by atoms with van der Waals surface area (Å²) < 4.78 is 29.9. The summed E-state index contributed by atoms with van der Waals surface area (Å²) in [6, 6.07) is 2.78. The van der Waals surface area contributed by atoms with E-state index in [1.807, 2.05) is 0 Å². The van der Waals surface area contributed by atoms with Crippen molar-refractivity contribution >= 4 is 33.2 Å². The van der Waals surface area contributed by atoms with Gasteiger partial charge < -0.3 is 4.74 Å². The van der Waals surface area contributed by atoms with Crippen molar-refractivity contribution in [1.29, 1.82) is 0 Å². The number of rotatable bonds is 3. The fourth-order valence-electron chi connectivity index (χ4n) is 1.10. The van der Waals surface area contributed by atoms with E-state index in [0.29, 0.717) is 0 Å². The highest BCUT2D eigenvalue weighted by Gasteiger charge is 2.24. The lowest BCUT2D eigenvalue weighted by atomic mass is 10.3. The van der Waals surface area contributed by atoms with Crippen LogP contribution >= 0.6 is 23.2 Å². The molecule has 4 nitrogen and oxygen atoms in total. The second-order valence-electron chi connectivity index (χ2n) is 3.18. The molecule has 90 valence electrons. The number of ether oxygens (including phenoxy) is 1. The van der Waals surface area contributed by atoms with Crippen LogP contribution in [0.25, 0.3) is 0 Å². The third kappa shape index (κ3) is 2.27. The van der Waals surface area contributed by atoms with Crippen LogP contribution in [0.3, 0.4) is 0 Å². The molecule has 0 aromatic heterocycles. The van der Waals surface area contributed by atoms with E-state index in [1.54, 1.807) is 0 Å². The number of benzene rings is 1. The molecule has 0 aliphatic carbocycles. The summed E-state index contributed by atoms with van der Waals surface area (Å²) in [5.41, 5.74) is 0. The van der Waals surface area contributed by atoms with Crippen molar-refractivity contribution in [1.82, 2.24) is 4.31 Å². The van der Waals surface area contributed by atoms with Crippen molar-refractivity contribution < 1.29 is 13.2 Å². The summed E-state index contributed by atoms with van der Waals surface area (Å²) in [5, 5.41) is 0.336. The highest BCUT2D eigenvalue weighted by molar-refractivity contribution is 7.89. The lowest BCUT2D eigenvalue weighted by molar-refractivity contribution is 0.400. The number of nitrogens with zero attached hydrogens (tertiary/aromatic N) is 1. The number of hydrogen-bond acceptors (Lipinski definition) is 3. The maximum atomic E-state index is 11.9. The lowest BCUT2D eigenvalue weighted by Gasteiger charge is -2.15. The summed E-state index contributed by atoms with van der Waals surface area (Å²) in [6.45, 7) is 0. The normalized spacial score (nSPS) is 11.9. The first-order valence-corrected chi connectivity index (χ1v) is 6.46. The third-order valence-electron chi connectivity index (χ3n) is 1.98. The Bertz CT molecular complexity index is 500. The van der Waals surface area contributed by atoms with Gasteiger partial charge in [-0.05, 0) is 12.1 Å². The van der Waals surface area contributed by atoms with Crippen LogP contribution in [0.2, 0.25) is 10.0 Å². The molecule has 0 amide bonds. The average Bonchev–Trinajstić information content (AvgIpc) is 2.21. The fraction of sp³-hybridized carbons (Fsp3) is 0.333. The molecule has 1 rings (SSSR count). The number of hydrogen-bond donors (Lipinski definition) is 0. The van der Waals surface area contributed by atoms with Crippen molar-refractivity contribution in [3.8, 4) is 5.75 Å². The summed E-state index contributed by atoms with van der Waals surface area (Å²) in [5.74, 6) is 0.0582. The molecule has 7 heteroatoms. The number of sulfonamides is 1. The smallest absolute Gasteiger partial charge is 0.246 e. The van der Waals surface area contributed by atoms with Crippen molar-refractivity contribution in [3.05, 3.63) is 22.2 Å². The summed E-state index contributed by atoms with van der Waals surface area (Å²) in [4.78, 5) is -0.00519. The molecule has 16 heavy (non-hydrogen) atoms. The predicted molar refractivity (Wildman–Crippen MR) is 63.9 cm³/mol. The topological polar surface area (TPSA) is 46.6 Å². The van der Waals surface area contributed by atoms with Crippen molar-refractivity contribution in [2.75, 3.05) is 21.2 Å². The lowest BCUT2D eigenvalue weighted by Crippen LogP contribution is -2.22. The van der Waals surface area contributed by atoms with Gasteiger partial charge in [-0.3, -0.25) is 0 Å². The highest BCUT2D eigenvalue weighted by Crippen LogP contribution is 2.37. The first-order chi connectivity index (χ1) is 7.32. The molecule has 1 aromatic carbocycles. The number of halogens is 2. The van der Waals surface area contributed by atoms with E-state index in [0.717, 1.165) is 4.31 Å². The monoisotopic (exact) mass is 283 g/mol. The number of methoxy groups -OCH3 is 1. The molecule has 0 unspecified atom stereocenters. The van der Waals surface area contributed by atoms with E-state index in [1.165, 1.54) is 33.3 Å². The second-order valence-corrected chi connectivity index (χ2v) is 6.09. The maximum Gasteiger partial charge on any atom is 0.246 e. The summed E-state index contributed by atoms with van der Waals surface area (Å²) >= 11 is 11.6. The SMILES string of the molecule is COc1c(S(=O)(=O)N(C)C)ccc(Cl)c1Cl. The van der Waals surface area contributed by atoms with Crippen LogP contribution in [0, 0.1) is 0 Å². The second kappa shape index (κ2) is 4.79. The molecule has 0 saturated heterocycles. The molecule has 1 aromatic rings. The van der Waals surface area contributed by atoms with Crippen LogP contribution in [0.4, 0.5) is 0 Å². The van der Waals surface area contributed by atoms with Gasteiger partial charge in [0.05, 0.1) is 12.1 Å². The van der Waals surface area contributed by atoms with Crippen LogP contribution in [0.15, 0.2) is 17.0 Å². The Morgan fingerprint density at radius 1 is 1.25 bits per heavy atom. The fourth-order valence-corrected chi connectivity index (χ4v) is 2.60.